The number of anilines is 1. The summed E-state index contributed by atoms with van der Waals surface area (Å²) in [5.74, 6) is -0.198. The SMILES string of the molecule is CNC(C)c1ccccc1NC(=O)c1ccccn1. The van der Waals surface area contributed by atoms with Gasteiger partial charge in [0.25, 0.3) is 5.91 Å². The van der Waals surface area contributed by atoms with Crippen LogP contribution >= 0.6 is 0 Å². The molecule has 4 heteroatoms. The van der Waals surface area contributed by atoms with Gasteiger partial charge in [-0.1, -0.05) is 24.3 Å². The van der Waals surface area contributed by atoms with Gasteiger partial charge in [0.15, 0.2) is 0 Å². The fraction of sp³-hybridized carbons (Fsp3) is 0.200. The van der Waals surface area contributed by atoms with E-state index >= 15 is 0 Å². The van der Waals surface area contributed by atoms with Crippen LogP contribution in [0.3, 0.4) is 0 Å². The summed E-state index contributed by atoms with van der Waals surface area (Å²) in [5.41, 5.74) is 2.27. The van der Waals surface area contributed by atoms with Gasteiger partial charge in [-0.05, 0) is 37.7 Å². The molecule has 19 heavy (non-hydrogen) atoms. The van der Waals surface area contributed by atoms with Gasteiger partial charge in [-0.15, -0.1) is 0 Å². The van der Waals surface area contributed by atoms with E-state index in [2.05, 4.69) is 15.6 Å². The van der Waals surface area contributed by atoms with Crippen LogP contribution in [-0.4, -0.2) is 17.9 Å². The molecule has 0 aliphatic rings. The molecule has 98 valence electrons. The number of benzene rings is 1. The maximum absolute atomic E-state index is 12.1. The van der Waals surface area contributed by atoms with E-state index in [0.717, 1.165) is 11.3 Å². The Morgan fingerprint density at radius 2 is 1.89 bits per heavy atom. The average molecular weight is 255 g/mol. The lowest BCUT2D eigenvalue weighted by Crippen LogP contribution is -2.18. The number of amides is 1. The molecule has 1 amide bonds. The van der Waals surface area contributed by atoms with Crippen LogP contribution in [0.4, 0.5) is 5.69 Å². The molecule has 0 radical (unpaired) electrons. The first-order valence-corrected chi connectivity index (χ1v) is 6.21. The molecule has 4 nitrogen and oxygen atoms in total. The second-order valence-electron chi connectivity index (χ2n) is 4.27. The minimum atomic E-state index is -0.198. The van der Waals surface area contributed by atoms with Gasteiger partial charge in [0.1, 0.15) is 5.69 Å². The molecule has 2 N–H and O–H groups in total. The first-order valence-electron chi connectivity index (χ1n) is 6.21. The smallest absolute Gasteiger partial charge is 0.274 e. The Hall–Kier alpha value is -2.20. The molecule has 0 aliphatic heterocycles. The Balaban J connectivity index is 2.22. The zero-order valence-electron chi connectivity index (χ0n) is 11.1. The number of hydrogen-bond donors (Lipinski definition) is 2. The second-order valence-corrected chi connectivity index (χ2v) is 4.27. The average Bonchev–Trinajstić information content (AvgIpc) is 2.48. The lowest BCUT2D eigenvalue weighted by Gasteiger charge is -2.16. The molecule has 1 aromatic heterocycles. The highest BCUT2D eigenvalue weighted by molar-refractivity contribution is 6.03. The van der Waals surface area contributed by atoms with Crippen molar-refractivity contribution in [2.45, 2.75) is 13.0 Å². The highest BCUT2D eigenvalue weighted by Crippen LogP contribution is 2.22. The van der Waals surface area contributed by atoms with Crippen molar-refractivity contribution in [1.82, 2.24) is 10.3 Å². The van der Waals surface area contributed by atoms with Crippen LogP contribution in [0.5, 0.6) is 0 Å². The monoisotopic (exact) mass is 255 g/mol. The molecule has 2 rings (SSSR count). The van der Waals surface area contributed by atoms with Crippen molar-refractivity contribution >= 4 is 11.6 Å². The zero-order valence-corrected chi connectivity index (χ0v) is 11.1. The predicted octanol–water partition coefficient (Wildman–Crippen LogP) is 2.61. The fourth-order valence-electron chi connectivity index (χ4n) is 1.83. The van der Waals surface area contributed by atoms with Gasteiger partial charge in [0, 0.05) is 17.9 Å². The summed E-state index contributed by atoms with van der Waals surface area (Å²) in [5, 5.41) is 6.07. The molecule has 0 saturated heterocycles. The molecule has 1 unspecified atom stereocenters. The van der Waals surface area contributed by atoms with Gasteiger partial charge >= 0.3 is 0 Å². The number of nitrogens with zero attached hydrogens (tertiary/aromatic N) is 1. The lowest BCUT2D eigenvalue weighted by atomic mass is 10.1. The number of hydrogen-bond acceptors (Lipinski definition) is 3. The topological polar surface area (TPSA) is 54.0 Å². The van der Waals surface area contributed by atoms with Gasteiger partial charge in [-0.2, -0.15) is 0 Å². The molecular weight excluding hydrogens is 238 g/mol. The van der Waals surface area contributed by atoms with E-state index in [9.17, 15) is 4.79 Å². The third-order valence-electron chi connectivity index (χ3n) is 3.01. The number of aromatic nitrogens is 1. The highest BCUT2D eigenvalue weighted by Gasteiger charge is 2.12. The normalized spacial score (nSPS) is 11.9. The Morgan fingerprint density at radius 3 is 2.58 bits per heavy atom. The number of carbonyl (C=O) groups is 1. The molecular formula is C15H17N3O. The molecule has 0 fully saturated rings. The van der Waals surface area contributed by atoms with Crippen molar-refractivity contribution in [3.8, 4) is 0 Å². The molecule has 0 aliphatic carbocycles. The van der Waals surface area contributed by atoms with E-state index in [1.807, 2.05) is 38.2 Å². The summed E-state index contributed by atoms with van der Waals surface area (Å²) in [6, 6.07) is 13.2. The zero-order chi connectivity index (χ0) is 13.7. The van der Waals surface area contributed by atoms with Crippen molar-refractivity contribution in [1.29, 1.82) is 0 Å². The van der Waals surface area contributed by atoms with Crippen molar-refractivity contribution in [3.63, 3.8) is 0 Å². The van der Waals surface area contributed by atoms with Gasteiger partial charge in [0.2, 0.25) is 0 Å². The summed E-state index contributed by atoms with van der Waals surface area (Å²) in [4.78, 5) is 16.1. The molecule has 0 saturated carbocycles. The first kappa shape index (κ1) is 13.2. The van der Waals surface area contributed by atoms with Crippen LogP contribution < -0.4 is 10.6 Å². The Morgan fingerprint density at radius 1 is 1.16 bits per heavy atom. The molecule has 0 bridgehead atoms. The molecule has 2 aromatic rings. The van der Waals surface area contributed by atoms with Crippen LogP contribution in [0.1, 0.15) is 29.0 Å². The summed E-state index contributed by atoms with van der Waals surface area (Å²) in [6.07, 6.45) is 1.61. The van der Waals surface area contributed by atoms with Crippen LogP contribution in [0.2, 0.25) is 0 Å². The second kappa shape index (κ2) is 6.11. The van der Waals surface area contributed by atoms with Crippen LogP contribution in [0, 0.1) is 0 Å². The third kappa shape index (κ3) is 3.17. The maximum Gasteiger partial charge on any atom is 0.274 e. The first-order chi connectivity index (χ1) is 9.22. The molecule has 1 aromatic carbocycles. The molecule has 1 atom stereocenters. The minimum absolute atomic E-state index is 0.167. The number of pyridine rings is 1. The van der Waals surface area contributed by atoms with Crippen molar-refractivity contribution in [2.75, 3.05) is 12.4 Å². The predicted molar refractivity (Wildman–Crippen MR) is 76.1 cm³/mol. The van der Waals surface area contributed by atoms with Gasteiger partial charge in [0.05, 0.1) is 0 Å². The van der Waals surface area contributed by atoms with E-state index in [1.165, 1.54) is 0 Å². The Bertz CT molecular complexity index is 554. The number of carbonyl (C=O) groups excluding carboxylic acids is 1. The number of para-hydroxylation sites is 1. The third-order valence-corrected chi connectivity index (χ3v) is 3.01. The van der Waals surface area contributed by atoms with Gasteiger partial charge in [-0.3, -0.25) is 9.78 Å². The highest BCUT2D eigenvalue weighted by atomic mass is 16.1. The van der Waals surface area contributed by atoms with E-state index in [-0.39, 0.29) is 11.9 Å². The number of nitrogens with one attached hydrogen (secondary N) is 2. The summed E-state index contributed by atoms with van der Waals surface area (Å²) >= 11 is 0. The van der Waals surface area contributed by atoms with E-state index in [0.29, 0.717) is 5.69 Å². The van der Waals surface area contributed by atoms with E-state index < -0.39 is 0 Å². The fourth-order valence-corrected chi connectivity index (χ4v) is 1.83. The standard InChI is InChI=1S/C15H17N3O/c1-11(16-2)12-7-3-4-8-13(12)18-15(19)14-9-5-6-10-17-14/h3-11,16H,1-2H3,(H,18,19). The van der Waals surface area contributed by atoms with Crippen molar-refractivity contribution in [2.24, 2.45) is 0 Å². The maximum atomic E-state index is 12.1. The number of rotatable bonds is 4. The van der Waals surface area contributed by atoms with Crippen molar-refractivity contribution in [3.05, 3.63) is 59.9 Å². The Labute approximate surface area is 112 Å². The van der Waals surface area contributed by atoms with Crippen molar-refractivity contribution < 1.29 is 4.79 Å². The molecule has 0 spiro atoms. The molecule has 1 heterocycles. The Kier molecular flexibility index (Phi) is 4.26. The largest absolute Gasteiger partial charge is 0.320 e. The van der Waals surface area contributed by atoms with E-state index in [4.69, 9.17) is 0 Å². The summed E-state index contributed by atoms with van der Waals surface area (Å²) in [7, 11) is 1.89. The van der Waals surface area contributed by atoms with Crippen LogP contribution in [0.25, 0.3) is 0 Å². The van der Waals surface area contributed by atoms with E-state index in [1.54, 1.807) is 24.4 Å². The lowest BCUT2D eigenvalue weighted by molar-refractivity contribution is 0.102. The van der Waals surface area contributed by atoms with Gasteiger partial charge in [-0.25, -0.2) is 0 Å². The van der Waals surface area contributed by atoms with Crippen LogP contribution in [-0.2, 0) is 0 Å². The summed E-state index contributed by atoms with van der Waals surface area (Å²) < 4.78 is 0. The van der Waals surface area contributed by atoms with Crippen LogP contribution in [0.15, 0.2) is 48.7 Å². The minimum Gasteiger partial charge on any atom is -0.320 e. The van der Waals surface area contributed by atoms with Gasteiger partial charge < -0.3 is 10.6 Å². The summed E-state index contributed by atoms with van der Waals surface area (Å²) in [6.45, 7) is 2.05. The quantitative estimate of drug-likeness (QED) is 0.883.